The summed E-state index contributed by atoms with van der Waals surface area (Å²) in [7, 11) is 0. The van der Waals surface area contributed by atoms with Crippen molar-refractivity contribution in [1.29, 1.82) is 0 Å². The number of hydrogen-bond donors (Lipinski definition) is 2. The van der Waals surface area contributed by atoms with Gasteiger partial charge in [-0.15, -0.1) is 0 Å². The Balaban J connectivity index is 1.90. The monoisotopic (exact) mass is 292 g/mol. The molecular weight excluding hydrogens is 272 g/mol. The van der Waals surface area contributed by atoms with E-state index in [0.29, 0.717) is 6.54 Å². The lowest BCUT2D eigenvalue weighted by molar-refractivity contribution is 1.08. The molecule has 2 N–H and O–H groups in total. The molecule has 0 unspecified atom stereocenters. The molecule has 3 rings (SSSR count). The van der Waals surface area contributed by atoms with Crippen molar-refractivity contribution in [2.45, 2.75) is 27.3 Å². The molecule has 3 nitrogen and oxygen atoms in total. The van der Waals surface area contributed by atoms with Gasteiger partial charge in [0.15, 0.2) is 0 Å². The van der Waals surface area contributed by atoms with Crippen LogP contribution in [0.1, 0.15) is 22.3 Å². The van der Waals surface area contributed by atoms with Crippen molar-refractivity contribution >= 4 is 16.6 Å². The Labute approximate surface area is 130 Å². The molecule has 0 aliphatic carbocycles. The number of aromatic nitrogens is 1. The van der Waals surface area contributed by atoms with Crippen molar-refractivity contribution in [3.63, 3.8) is 0 Å². The number of benzene rings is 2. The number of aryl methyl sites for hydroxylation is 3. The molecule has 1 heterocycles. The number of nitrogens with one attached hydrogen (secondary N) is 2. The highest BCUT2D eigenvalue weighted by atomic mass is 16.1. The summed E-state index contributed by atoms with van der Waals surface area (Å²) >= 11 is 0. The van der Waals surface area contributed by atoms with Crippen LogP contribution in [0, 0.1) is 20.8 Å². The highest BCUT2D eigenvalue weighted by molar-refractivity contribution is 5.79. The topological polar surface area (TPSA) is 44.9 Å². The number of rotatable bonds is 3. The van der Waals surface area contributed by atoms with E-state index in [1.54, 1.807) is 0 Å². The van der Waals surface area contributed by atoms with Crippen LogP contribution >= 0.6 is 0 Å². The van der Waals surface area contributed by atoms with Crippen LogP contribution < -0.4 is 10.9 Å². The first kappa shape index (κ1) is 14.4. The molecule has 1 aromatic heterocycles. The Bertz CT molecular complexity index is 894. The van der Waals surface area contributed by atoms with Crippen LogP contribution in [0.4, 0.5) is 5.69 Å². The van der Waals surface area contributed by atoms with Gasteiger partial charge in [0.1, 0.15) is 0 Å². The molecule has 112 valence electrons. The molecule has 0 aliphatic rings. The van der Waals surface area contributed by atoms with Crippen molar-refractivity contribution in [1.82, 2.24) is 4.98 Å². The van der Waals surface area contributed by atoms with Gasteiger partial charge in [-0.05, 0) is 61.0 Å². The van der Waals surface area contributed by atoms with Gasteiger partial charge in [-0.1, -0.05) is 24.3 Å². The van der Waals surface area contributed by atoms with Gasteiger partial charge in [0.25, 0.3) is 5.56 Å². The zero-order valence-corrected chi connectivity index (χ0v) is 13.2. The lowest BCUT2D eigenvalue weighted by atomic mass is 10.1. The normalized spacial score (nSPS) is 10.9. The molecule has 0 bridgehead atoms. The molecule has 0 radical (unpaired) electrons. The molecule has 22 heavy (non-hydrogen) atoms. The summed E-state index contributed by atoms with van der Waals surface area (Å²) in [6.07, 6.45) is 0. The van der Waals surface area contributed by atoms with Crippen LogP contribution in [0.5, 0.6) is 0 Å². The summed E-state index contributed by atoms with van der Waals surface area (Å²) in [6.45, 7) is 6.67. The summed E-state index contributed by atoms with van der Waals surface area (Å²) in [5, 5.41) is 4.43. The van der Waals surface area contributed by atoms with Gasteiger partial charge in [-0.25, -0.2) is 0 Å². The van der Waals surface area contributed by atoms with E-state index < -0.39 is 0 Å². The molecule has 3 aromatic rings. The lowest BCUT2D eigenvalue weighted by Crippen LogP contribution is -2.16. The molecule has 0 saturated carbocycles. The third-order valence-electron chi connectivity index (χ3n) is 3.94. The van der Waals surface area contributed by atoms with E-state index in [0.717, 1.165) is 27.7 Å². The summed E-state index contributed by atoms with van der Waals surface area (Å²) < 4.78 is 0. The van der Waals surface area contributed by atoms with Crippen molar-refractivity contribution in [2.75, 3.05) is 5.32 Å². The van der Waals surface area contributed by atoms with Crippen molar-refractivity contribution in [3.8, 4) is 0 Å². The van der Waals surface area contributed by atoms with E-state index in [4.69, 9.17) is 0 Å². The van der Waals surface area contributed by atoms with Gasteiger partial charge in [0.05, 0.1) is 0 Å². The zero-order chi connectivity index (χ0) is 15.7. The molecular formula is C19H20N2O. The number of aromatic amines is 1. The lowest BCUT2D eigenvalue weighted by Gasteiger charge is -2.11. The first-order chi connectivity index (χ1) is 10.5. The quantitative estimate of drug-likeness (QED) is 0.764. The summed E-state index contributed by atoms with van der Waals surface area (Å²) in [5.41, 5.74) is 6.20. The van der Waals surface area contributed by atoms with E-state index in [1.807, 2.05) is 25.1 Å². The van der Waals surface area contributed by atoms with E-state index in [-0.39, 0.29) is 5.56 Å². The molecule has 0 spiro atoms. The molecule has 0 atom stereocenters. The maximum atomic E-state index is 12.2. The van der Waals surface area contributed by atoms with E-state index in [2.05, 4.69) is 48.4 Å². The molecule has 0 aliphatic heterocycles. The van der Waals surface area contributed by atoms with Crippen molar-refractivity contribution in [3.05, 3.63) is 75.1 Å². The Morgan fingerprint density at radius 2 is 1.68 bits per heavy atom. The van der Waals surface area contributed by atoms with E-state index >= 15 is 0 Å². The molecule has 0 amide bonds. The molecule has 3 heteroatoms. The third kappa shape index (κ3) is 2.89. The fourth-order valence-electron chi connectivity index (χ4n) is 2.61. The van der Waals surface area contributed by atoms with Crippen LogP contribution in [0.25, 0.3) is 10.9 Å². The second kappa shape index (κ2) is 5.68. The Morgan fingerprint density at radius 1 is 0.955 bits per heavy atom. The van der Waals surface area contributed by atoms with Gasteiger partial charge in [-0.2, -0.15) is 0 Å². The Morgan fingerprint density at radius 3 is 2.50 bits per heavy atom. The minimum absolute atomic E-state index is 0.0316. The SMILES string of the molecule is Cc1ccc(C)c(NCc2cc3ccc(C)cc3[nH]c2=O)c1. The average Bonchev–Trinajstić information content (AvgIpc) is 2.48. The first-order valence-electron chi connectivity index (χ1n) is 7.46. The van der Waals surface area contributed by atoms with Gasteiger partial charge < -0.3 is 10.3 Å². The number of pyridine rings is 1. The molecule has 2 aromatic carbocycles. The number of hydrogen-bond acceptors (Lipinski definition) is 2. The van der Waals surface area contributed by atoms with Gasteiger partial charge in [0.2, 0.25) is 0 Å². The fourth-order valence-corrected chi connectivity index (χ4v) is 2.61. The summed E-state index contributed by atoms with van der Waals surface area (Å²) in [4.78, 5) is 15.2. The summed E-state index contributed by atoms with van der Waals surface area (Å²) in [5.74, 6) is 0. The van der Waals surface area contributed by atoms with Crippen LogP contribution in [0.2, 0.25) is 0 Å². The minimum Gasteiger partial charge on any atom is -0.381 e. The van der Waals surface area contributed by atoms with Gasteiger partial charge in [-0.3, -0.25) is 4.79 Å². The van der Waals surface area contributed by atoms with Gasteiger partial charge >= 0.3 is 0 Å². The molecule has 0 fully saturated rings. The standard InChI is InChI=1S/C19H20N2O/c1-12-4-6-14(3)17(8-12)20-11-16-10-15-7-5-13(2)9-18(15)21-19(16)22/h4-10,20H,11H2,1-3H3,(H,21,22). The second-order valence-corrected chi connectivity index (χ2v) is 5.89. The van der Waals surface area contributed by atoms with Crippen LogP contribution in [0.3, 0.4) is 0 Å². The zero-order valence-electron chi connectivity index (χ0n) is 13.2. The number of H-pyrrole nitrogens is 1. The largest absolute Gasteiger partial charge is 0.381 e. The number of anilines is 1. The fraction of sp³-hybridized carbons (Fsp3) is 0.211. The summed E-state index contributed by atoms with van der Waals surface area (Å²) in [6, 6.07) is 14.3. The average molecular weight is 292 g/mol. The second-order valence-electron chi connectivity index (χ2n) is 5.89. The van der Waals surface area contributed by atoms with Crippen LogP contribution in [0.15, 0.2) is 47.3 Å². The first-order valence-corrected chi connectivity index (χ1v) is 7.46. The number of fused-ring (bicyclic) bond motifs is 1. The maximum Gasteiger partial charge on any atom is 0.253 e. The highest BCUT2D eigenvalue weighted by Gasteiger charge is 2.04. The van der Waals surface area contributed by atoms with E-state index in [9.17, 15) is 4.79 Å². The third-order valence-corrected chi connectivity index (χ3v) is 3.94. The predicted octanol–water partition coefficient (Wildman–Crippen LogP) is 4.07. The van der Waals surface area contributed by atoms with E-state index in [1.165, 1.54) is 11.1 Å². The maximum absolute atomic E-state index is 12.2. The Kier molecular flexibility index (Phi) is 3.72. The smallest absolute Gasteiger partial charge is 0.253 e. The predicted molar refractivity (Wildman–Crippen MR) is 92.5 cm³/mol. The van der Waals surface area contributed by atoms with Crippen LogP contribution in [-0.2, 0) is 6.54 Å². The van der Waals surface area contributed by atoms with Crippen LogP contribution in [-0.4, -0.2) is 4.98 Å². The minimum atomic E-state index is -0.0316. The highest BCUT2D eigenvalue weighted by Crippen LogP contribution is 2.18. The van der Waals surface area contributed by atoms with Crippen molar-refractivity contribution < 1.29 is 0 Å². The van der Waals surface area contributed by atoms with Gasteiger partial charge in [0, 0.05) is 23.3 Å². The van der Waals surface area contributed by atoms with Crippen molar-refractivity contribution in [2.24, 2.45) is 0 Å². The molecule has 0 saturated heterocycles. The Hall–Kier alpha value is -2.55.